The third-order valence-electron chi connectivity index (χ3n) is 13.4. The number of allylic oxidation sites excluding steroid dienone is 2. The van der Waals surface area contributed by atoms with Crippen molar-refractivity contribution in [1.82, 2.24) is 9.97 Å². The number of hydrogen-bond acceptors (Lipinski definition) is 14. The Labute approximate surface area is 380 Å². The summed E-state index contributed by atoms with van der Waals surface area (Å²) in [6.45, 7) is 12.0. The molecule has 12 nitrogen and oxygen atoms in total. The standard InChI is InChI=1S/C50H54N2O10S2/c1-7-27(2)41-30(5)21-22-49(62-41)25-34-24-33(61-49)20-19-29(4)40(59-47(54)44-51-36-15-8-10-17-38(36)63-44)28(3)13-12-14-32-26-57-43-42(31(6)23-35(46(53)58-34)50(32,43)56)60-48(55)45-52-37-16-9-11-18-39(37)64-45/h8-19,21-23,27-28,30,33-35,40-43,56H,7,20,24-26H2,1-6H3/b13-12+,29-19+,32-14+/t27-,28-,30-,33+,34-,35-,40-,41+,42+,43+,49+,50+/m0/s1. The molecule has 1 aliphatic carbocycles. The van der Waals surface area contributed by atoms with Crippen LogP contribution in [0.1, 0.15) is 86.8 Å². The van der Waals surface area contributed by atoms with Gasteiger partial charge in [0, 0.05) is 24.7 Å². The van der Waals surface area contributed by atoms with Crippen LogP contribution in [-0.4, -0.2) is 87.6 Å². The zero-order valence-corrected chi connectivity index (χ0v) is 38.4. The molecule has 0 radical (unpaired) electrons. The van der Waals surface area contributed by atoms with Gasteiger partial charge in [0.05, 0.1) is 39.2 Å². The molecule has 336 valence electrons. The van der Waals surface area contributed by atoms with Gasteiger partial charge in [-0.3, -0.25) is 4.79 Å². The van der Waals surface area contributed by atoms with Gasteiger partial charge in [-0.25, -0.2) is 19.6 Å². The Morgan fingerprint density at radius 2 is 1.55 bits per heavy atom. The summed E-state index contributed by atoms with van der Waals surface area (Å²) in [6.07, 6.45) is 11.0. The first-order valence-electron chi connectivity index (χ1n) is 22.2. The fourth-order valence-corrected chi connectivity index (χ4v) is 11.4. The highest BCUT2D eigenvalue weighted by Gasteiger charge is 2.61. The van der Waals surface area contributed by atoms with Crippen molar-refractivity contribution < 1.29 is 47.9 Å². The zero-order chi connectivity index (χ0) is 44.9. The number of thiazole rings is 2. The van der Waals surface area contributed by atoms with Gasteiger partial charge in [-0.1, -0.05) is 94.8 Å². The van der Waals surface area contributed by atoms with E-state index in [0.29, 0.717) is 29.5 Å². The molecule has 6 heterocycles. The maximum absolute atomic E-state index is 14.7. The summed E-state index contributed by atoms with van der Waals surface area (Å²) in [5, 5.41) is 13.4. The molecule has 64 heavy (non-hydrogen) atoms. The summed E-state index contributed by atoms with van der Waals surface area (Å²) in [5.74, 6) is -4.18. The molecule has 4 aromatic rings. The lowest BCUT2D eigenvalue weighted by Gasteiger charge is -2.48. The van der Waals surface area contributed by atoms with Crippen LogP contribution in [0, 0.1) is 23.7 Å². The number of carbonyl (C=O) groups excluding carboxylic acids is 3. The number of benzene rings is 2. The van der Waals surface area contributed by atoms with Gasteiger partial charge < -0.3 is 33.5 Å². The normalized spacial score (nSPS) is 35.6. The molecule has 0 saturated carbocycles. The van der Waals surface area contributed by atoms with Gasteiger partial charge in [-0.2, -0.15) is 0 Å². The first kappa shape index (κ1) is 44.4. The van der Waals surface area contributed by atoms with Crippen molar-refractivity contribution >= 4 is 61.0 Å². The molecule has 1 spiro atoms. The van der Waals surface area contributed by atoms with Crippen LogP contribution in [0.5, 0.6) is 0 Å². The molecule has 2 fully saturated rings. The van der Waals surface area contributed by atoms with E-state index in [1.807, 2.05) is 80.6 Å². The summed E-state index contributed by atoms with van der Waals surface area (Å²) in [4.78, 5) is 51.3. The second kappa shape index (κ2) is 17.9. The number of esters is 3. The molecule has 4 aliphatic heterocycles. The molecule has 9 rings (SSSR count). The van der Waals surface area contributed by atoms with Crippen LogP contribution in [0.2, 0.25) is 0 Å². The average Bonchev–Trinajstić information content (AvgIpc) is 4.01. The molecular formula is C50H54N2O10S2. The summed E-state index contributed by atoms with van der Waals surface area (Å²) in [5.41, 5.74) is 1.18. The Morgan fingerprint density at radius 1 is 0.891 bits per heavy atom. The van der Waals surface area contributed by atoms with Crippen LogP contribution in [0.15, 0.2) is 108 Å². The molecule has 0 amide bonds. The number of aromatic nitrogens is 2. The molecule has 2 saturated heterocycles. The average molecular weight is 907 g/mol. The summed E-state index contributed by atoms with van der Waals surface area (Å²) >= 11 is 2.50. The van der Waals surface area contributed by atoms with Gasteiger partial charge in [-0.15, -0.1) is 22.7 Å². The van der Waals surface area contributed by atoms with E-state index in [0.717, 1.165) is 26.9 Å². The number of para-hydroxylation sites is 2. The Morgan fingerprint density at radius 3 is 2.20 bits per heavy atom. The van der Waals surface area contributed by atoms with E-state index in [1.165, 1.54) is 22.7 Å². The molecule has 12 atom stereocenters. The van der Waals surface area contributed by atoms with Gasteiger partial charge >= 0.3 is 17.9 Å². The molecule has 5 aliphatic rings. The lowest BCUT2D eigenvalue weighted by Crippen LogP contribution is -2.59. The van der Waals surface area contributed by atoms with Crippen LogP contribution in [0.3, 0.4) is 0 Å². The van der Waals surface area contributed by atoms with Gasteiger partial charge in [0.2, 0.25) is 10.0 Å². The van der Waals surface area contributed by atoms with E-state index in [1.54, 1.807) is 25.2 Å². The lowest BCUT2D eigenvalue weighted by molar-refractivity contribution is -0.300. The van der Waals surface area contributed by atoms with E-state index in [9.17, 15) is 19.5 Å². The fourth-order valence-electron chi connectivity index (χ4n) is 9.73. The first-order valence-corrected chi connectivity index (χ1v) is 23.8. The highest BCUT2D eigenvalue weighted by atomic mass is 32.1. The minimum atomic E-state index is -1.96. The highest BCUT2D eigenvalue weighted by Crippen LogP contribution is 2.48. The van der Waals surface area contributed by atoms with E-state index in [2.05, 4.69) is 36.8 Å². The predicted molar refractivity (Wildman–Crippen MR) is 244 cm³/mol. The minimum absolute atomic E-state index is 0.0504. The van der Waals surface area contributed by atoms with Crippen molar-refractivity contribution in [3.63, 3.8) is 0 Å². The minimum Gasteiger partial charge on any atom is -0.462 e. The molecular weight excluding hydrogens is 853 g/mol. The largest absolute Gasteiger partial charge is 0.462 e. The van der Waals surface area contributed by atoms with Gasteiger partial charge in [0.25, 0.3) is 0 Å². The fraction of sp³-hybridized carbons (Fsp3) is 0.460. The molecule has 0 unspecified atom stereocenters. The van der Waals surface area contributed by atoms with Crippen molar-refractivity contribution in [3.8, 4) is 0 Å². The number of rotatable bonds is 6. The second-order valence-corrected chi connectivity index (χ2v) is 20.0. The Kier molecular flexibility index (Phi) is 12.4. The molecule has 2 bridgehead atoms. The first-order chi connectivity index (χ1) is 30.7. The van der Waals surface area contributed by atoms with Crippen molar-refractivity contribution in [2.45, 2.75) is 115 Å². The number of ether oxygens (including phenoxy) is 6. The number of carbonyl (C=O) groups is 3. The van der Waals surface area contributed by atoms with E-state index >= 15 is 0 Å². The van der Waals surface area contributed by atoms with Crippen molar-refractivity contribution in [2.24, 2.45) is 23.7 Å². The Bertz CT molecular complexity index is 2540. The molecule has 14 heteroatoms. The topological polar surface area (TPSA) is 153 Å². The highest BCUT2D eigenvalue weighted by molar-refractivity contribution is 7.20. The van der Waals surface area contributed by atoms with Crippen molar-refractivity contribution in [3.05, 3.63) is 118 Å². The number of fused-ring (bicyclic) bond motifs is 4. The van der Waals surface area contributed by atoms with Crippen LogP contribution < -0.4 is 0 Å². The van der Waals surface area contributed by atoms with Crippen LogP contribution in [0.25, 0.3) is 20.4 Å². The van der Waals surface area contributed by atoms with E-state index < -0.39 is 65.7 Å². The quantitative estimate of drug-likeness (QED) is 0.112. The zero-order valence-electron chi connectivity index (χ0n) is 36.8. The van der Waals surface area contributed by atoms with Gasteiger partial charge in [0.15, 0.2) is 11.9 Å². The summed E-state index contributed by atoms with van der Waals surface area (Å²) in [6, 6.07) is 15.0. The molecule has 2 aromatic carbocycles. The number of nitrogens with zero attached hydrogens (tertiary/aromatic N) is 2. The third-order valence-corrected chi connectivity index (χ3v) is 15.4. The van der Waals surface area contributed by atoms with Gasteiger partial charge in [0.1, 0.15) is 29.8 Å². The maximum Gasteiger partial charge on any atom is 0.368 e. The molecule has 2 aromatic heterocycles. The SMILES string of the molecule is CC[C@H](C)[C@H]1O[C@]2(C=C[C@@H]1C)C[C@@H]1C[C@@H](C/C=C(\C)[C@@H](OC(=O)c3nc4ccccc4s3)[C@@H](C)/C=C/C=C3\CO[C@@H]4[C@H](OC(=O)c5nc6ccccc6s5)C(C)=C[C@@H](C(=O)O1)[C@]34O)O2. The van der Waals surface area contributed by atoms with Crippen LogP contribution >= 0.6 is 22.7 Å². The van der Waals surface area contributed by atoms with Crippen molar-refractivity contribution in [1.29, 1.82) is 0 Å². The van der Waals surface area contributed by atoms with Gasteiger partial charge in [-0.05, 0) is 73.2 Å². The predicted octanol–water partition coefficient (Wildman–Crippen LogP) is 9.26. The maximum atomic E-state index is 14.7. The number of aliphatic hydroxyl groups is 1. The van der Waals surface area contributed by atoms with E-state index in [4.69, 9.17) is 28.4 Å². The summed E-state index contributed by atoms with van der Waals surface area (Å²) in [7, 11) is 0. The Balaban J connectivity index is 1.08. The van der Waals surface area contributed by atoms with Crippen molar-refractivity contribution in [2.75, 3.05) is 6.61 Å². The van der Waals surface area contributed by atoms with Crippen LogP contribution in [0.4, 0.5) is 0 Å². The van der Waals surface area contributed by atoms with Crippen LogP contribution in [-0.2, 0) is 33.2 Å². The number of hydrogen-bond donors (Lipinski definition) is 1. The lowest BCUT2D eigenvalue weighted by atomic mass is 9.70. The molecule has 1 N–H and O–H groups in total. The monoisotopic (exact) mass is 906 g/mol. The smallest absolute Gasteiger partial charge is 0.368 e. The third kappa shape index (κ3) is 8.44. The second-order valence-electron chi connectivity index (χ2n) is 17.9. The van der Waals surface area contributed by atoms with E-state index in [-0.39, 0.29) is 46.9 Å². The summed E-state index contributed by atoms with van der Waals surface area (Å²) < 4.78 is 40.7. The Hall–Kier alpha value is -4.83.